The Kier molecular flexibility index (Phi) is 3.37. The number of benzene rings is 2. The molecule has 2 rings (SSSR count). The molecular weight excluding hydrogens is 238 g/mol. The van der Waals surface area contributed by atoms with Gasteiger partial charge in [0, 0.05) is 5.56 Å². The molecule has 92 valence electrons. The first-order valence-electron chi connectivity index (χ1n) is 5.29. The zero-order valence-corrected chi connectivity index (χ0v) is 9.61. The number of aryl methyl sites for hydroxylation is 1. The van der Waals surface area contributed by atoms with E-state index in [0.29, 0.717) is 12.0 Å². The first kappa shape index (κ1) is 12.2. The van der Waals surface area contributed by atoms with E-state index in [9.17, 15) is 13.6 Å². The zero-order valence-electron chi connectivity index (χ0n) is 9.61. The third-order valence-corrected chi connectivity index (χ3v) is 2.37. The second kappa shape index (κ2) is 4.96. The third kappa shape index (κ3) is 2.53. The summed E-state index contributed by atoms with van der Waals surface area (Å²) in [5.41, 5.74) is 0.847. The number of hydrogen-bond acceptors (Lipinski definition) is 2. The van der Waals surface area contributed by atoms with Crippen LogP contribution >= 0.6 is 0 Å². The van der Waals surface area contributed by atoms with E-state index in [2.05, 4.69) is 0 Å². The molecule has 0 saturated heterocycles. The van der Waals surface area contributed by atoms with Gasteiger partial charge < -0.3 is 4.74 Å². The zero-order chi connectivity index (χ0) is 13.1. The minimum atomic E-state index is -0.904. The summed E-state index contributed by atoms with van der Waals surface area (Å²) in [6.45, 7) is 1.84. The monoisotopic (exact) mass is 248 g/mol. The lowest BCUT2D eigenvalue weighted by atomic mass is 10.2. The average Bonchev–Trinajstić information content (AvgIpc) is 2.33. The second-order valence-electron chi connectivity index (χ2n) is 3.85. The molecule has 0 bridgehead atoms. The van der Waals surface area contributed by atoms with Crippen LogP contribution in [0, 0.1) is 18.6 Å². The standard InChI is InChI=1S/C14H10F2O2/c1-9-3-2-4-11(5-9)18-14-12(15)6-10(8-17)7-13(14)16/h2-8H,1H3. The number of hydrogen-bond donors (Lipinski definition) is 0. The molecule has 0 spiro atoms. The molecule has 0 N–H and O–H groups in total. The number of aldehydes is 1. The molecule has 0 aliphatic carbocycles. The normalized spacial score (nSPS) is 10.2. The van der Waals surface area contributed by atoms with Gasteiger partial charge >= 0.3 is 0 Å². The summed E-state index contributed by atoms with van der Waals surface area (Å²) in [7, 11) is 0. The van der Waals surface area contributed by atoms with E-state index in [4.69, 9.17) is 4.74 Å². The van der Waals surface area contributed by atoms with Crippen LogP contribution in [-0.4, -0.2) is 6.29 Å². The van der Waals surface area contributed by atoms with E-state index in [-0.39, 0.29) is 5.56 Å². The molecule has 4 heteroatoms. The van der Waals surface area contributed by atoms with E-state index in [1.54, 1.807) is 18.2 Å². The van der Waals surface area contributed by atoms with Crippen molar-refractivity contribution in [2.75, 3.05) is 0 Å². The fourth-order valence-electron chi connectivity index (χ4n) is 1.54. The maximum atomic E-state index is 13.6. The first-order chi connectivity index (χ1) is 8.60. The number of carbonyl (C=O) groups is 1. The Balaban J connectivity index is 2.37. The predicted octanol–water partition coefficient (Wildman–Crippen LogP) is 3.88. The van der Waals surface area contributed by atoms with Crippen molar-refractivity contribution in [3.8, 4) is 11.5 Å². The van der Waals surface area contributed by atoms with E-state index in [0.717, 1.165) is 17.7 Å². The number of ether oxygens (including phenoxy) is 1. The van der Waals surface area contributed by atoms with Crippen LogP contribution in [0.5, 0.6) is 11.5 Å². The Morgan fingerprint density at radius 1 is 1.11 bits per heavy atom. The van der Waals surface area contributed by atoms with Crippen LogP contribution in [0.3, 0.4) is 0 Å². The minimum absolute atomic E-state index is 0.0680. The molecule has 0 radical (unpaired) electrons. The lowest BCUT2D eigenvalue weighted by Crippen LogP contribution is -1.95. The SMILES string of the molecule is Cc1cccc(Oc2c(F)cc(C=O)cc2F)c1. The van der Waals surface area contributed by atoms with E-state index < -0.39 is 17.4 Å². The van der Waals surface area contributed by atoms with E-state index in [1.165, 1.54) is 0 Å². The Hall–Kier alpha value is -2.23. The molecule has 0 heterocycles. The van der Waals surface area contributed by atoms with E-state index in [1.807, 2.05) is 13.0 Å². The van der Waals surface area contributed by atoms with Crippen molar-refractivity contribution in [3.05, 3.63) is 59.2 Å². The summed E-state index contributed by atoms with van der Waals surface area (Å²) in [5, 5.41) is 0. The van der Waals surface area contributed by atoms with Crippen LogP contribution < -0.4 is 4.74 Å². The Labute approximate surface area is 103 Å². The summed E-state index contributed by atoms with van der Waals surface area (Å²) in [4.78, 5) is 10.5. The van der Waals surface area contributed by atoms with Crippen LogP contribution in [0.4, 0.5) is 8.78 Å². The Bertz CT molecular complexity index is 571. The molecule has 0 aliphatic rings. The van der Waals surface area contributed by atoms with Gasteiger partial charge in [-0.15, -0.1) is 0 Å². The van der Waals surface area contributed by atoms with Crippen molar-refractivity contribution in [1.82, 2.24) is 0 Å². The van der Waals surface area contributed by atoms with Gasteiger partial charge in [0.25, 0.3) is 0 Å². The Morgan fingerprint density at radius 2 is 1.78 bits per heavy atom. The van der Waals surface area contributed by atoms with Crippen molar-refractivity contribution in [2.45, 2.75) is 6.92 Å². The summed E-state index contributed by atoms with van der Waals surface area (Å²) >= 11 is 0. The van der Waals surface area contributed by atoms with Gasteiger partial charge in [0.2, 0.25) is 0 Å². The number of rotatable bonds is 3. The topological polar surface area (TPSA) is 26.3 Å². The summed E-state index contributed by atoms with van der Waals surface area (Å²) < 4.78 is 32.3. The maximum Gasteiger partial charge on any atom is 0.198 e. The summed E-state index contributed by atoms with van der Waals surface area (Å²) in [6.07, 6.45) is 0.378. The van der Waals surface area contributed by atoms with Crippen LogP contribution in [0.25, 0.3) is 0 Å². The van der Waals surface area contributed by atoms with Crippen molar-refractivity contribution >= 4 is 6.29 Å². The highest BCUT2D eigenvalue weighted by Crippen LogP contribution is 2.28. The van der Waals surface area contributed by atoms with Gasteiger partial charge in [-0.1, -0.05) is 12.1 Å². The molecule has 0 atom stereocenters. The molecule has 0 aromatic heterocycles. The van der Waals surface area contributed by atoms with Crippen LogP contribution in [0.15, 0.2) is 36.4 Å². The van der Waals surface area contributed by atoms with Gasteiger partial charge in [0.15, 0.2) is 17.4 Å². The average molecular weight is 248 g/mol. The minimum Gasteiger partial charge on any atom is -0.451 e. The van der Waals surface area contributed by atoms with Crippen molar-refractivity contribution in [1.29, 1.82) is 0 Å². The molecule has 0 unspecified atom stereocenters. The van der Waals surface area contributed by atoms with Gasteiger partial charge in [-0.2, -0.15) is 0 Å². The van der Waals surface area contributed by atoms with Gasteiger partial charge in [-0.05, 0) is 36.8 Å². The third-order valence-electron chi connectivity index (χ3n) is 2.37. The molecule has 0 aliphatic heterocycles. The first-order valence-corrected chi connectivity index (χ1v) is 5.29. The van der Waals surface area contributed by atoms with Crippen LogP contribution in [-0.2, 0) is 0 Å². The second-order valence-corrected chi connectivity index (χ2v) is 3.85. The molecule has 2 aromatic rings. The maximum absolute atomic E-state index is 13.6. The molecule has 0 fully saturated rings. The highest BCUT2D eigenvalue weighted by molar-refractivity contribution is 5.75. The van der Waals surface area contributed by atoms with Crippen LogP contribution in [0.2, 0.25) is 0 Å². The van der Waals surface area contributed by atoms with Gasteiger partial charge in [0.05, 0.1) is 0 Å². The smallest absolute Gasteiger partial charge is 0.198 e. The lowest BCUT2D eigenvalue weighted by molar-refractivity contribution is 0.112. The fourth-order valence-corrected chi connectivity index (χ4v) is 1.54. The quantitative estimate of drug-likeness (QED) is 0.770. The van der Waals surface area contributed by atoms with Crippen molar-refractivity contribution in [3.63, 3.8) is 0 Å². The molecule has 2 nitrogen and oxygen atoms in total. The summed E-state index contributed by atoms with van der Waals surface area (Å²) in [6, 6.07) is 8.68. The molecular formula is C14H10F2O2. The largest absolute Gasteiger partial charge is 0.451 e. The highest BCUT2D eigenvalue weighted by Gasteiger charge is 2.13. The van der Waals surface area contributed by atoms with Gasteiger partial charge in [-0.25, -0.2) is 8.78 Å². The lowest BCUT2D eigenvalue weighted by Gasteiger charge is -2.08. The Morgan fingerprint density at radius 3 is 2.33 bits per heavy atom. The van der Waals surface area contributed by atoms with E-state index >= 15 is 0 Å². The molecule has 0 amide bonds. The van der Waals surface area contributed by atoms with Gasteiger partial charge in [-0.3, -0.25) is 4.79 Å². The fraction of sp³-hybridized carbons (Fsp3) is 0.0714. The van der Waals surface area contributed by atoms with Crippen molar-refractivity contribution in [2.24, 2.45) is 0 Å². The summed E-state index contributed by atoms with van der Waals surface area (Å²) in [5.74, 6) is -1.98. The predicted molar refractivity (Wildman–Crippen MR) is 63.0 cm³/mol. The number of halogens is 2. The van der Waals surface area contributed by atoms with Crippen LogP contribution in [0.1, 0.15) is 15.9 Å². The molecule has 18 heavy (non-hydrogen) atoms. The number of carbonyl (C=O) groups excluding carboxylic acids is 1. The highest BCUT2D eigenvalue weighted by atomic mass is 19.1. The van der Waals surface area contributed by atoms with Crippen molar-refractivity contribution < 1.29 is 18.3 Å². The molecule has 0 saturated carbocycles. The molecule has 2 aromatic carbocycles. The van der Waals surface area contributed by atoms with Gasteiger partial charge in [0.1, 0.15) is 12.0 Å².